The summed E-state index contributed by atoms with van der Waals surface area (Å²) in [4.78, 5) is 12.9. The van der Waals surface area contributed by atoms with E-state index >= 15 is 0 Å². The molecule has 0 fully saturated rings. The summed E-state index contributed by atoms with van der Waals surface area (Å²) in [5.41, 5.74) is 0.972. The second-order valence-electron chi connectivity index (χ2n) is 6.79. The van der Waals surface area contributed by atoms with E-state index in [1.807, 2.05) is 0 Å². The van der Waals surface area contributed by atoms with Crippen molar-refractivity contribution in [2.75, 3.05) is 16.8 Å². The van der Waals surface area contributed by atoms with Crippen LogP contribution in [0.2, 0.25) is 5.02 Å². The van der Waals surface area contributed by atoms with Crippen molar-refractivity contribution in [3.8, 4) is 0 Å². The number of amides is 1. The molecule has 0 aliphatic carbocycles. The average molecular weight is 459 g/mol. The fraction of sp³-hybridized carbons (Fsp3) is 0.316. The molecule has 2 rings (SSSR count). The molecule has 0 aliphatic rings. The first kappa shape index (κ1) is 23.2. The molecule has 0 bridgehead atoms. The van der Waals surface area contributed by atoms with E-state index in [2.05, 4.69) is 5.32 Å². The Morgan fingerprint density at radius 3 is 2.07 bits per heavy atom. The molecule has 29 heavy (non-hydrogen) atoms. The SMILES string of the molecule is C[C@H](NC(=O)[C@H](C)N(c1cccc(Cl)c1)S(C)(=O)=O)c1ccc(S(C)(=O)=O)cc1. The van der Waals surface area contributed by atoms with E-state index < -0.39 is 37.9 Å². The minimum Gasteiger partial charge on any atom is -0.348 e. The number of hydrogen-bond donors (Lipinski definition) is 1. The lowest BCUT2D eigenvalue weighted by Crippen LogP contribution is -2.48. The highest BCUT2D eigenvalue weighted by Crippen LogP contribution is 2.25. The third-order valence-electron chi connectivity index (χ3n) is 4.32. The number of carbonyl (C=O) groups excluding carboxylic acids is 1. The molecule has 0 spiro atoms. The highest BCUT2D eigenvalue weighted by Gasteiger charge is 2.30. The molecule has 2 aromatic carbocycles. The highest BCUT2D eigenvalue weighted by molar-refractivity contribution is 7.92. The Balaban J connectivity index is 2.23. The van der Waals surface area contributed by atoms with E-state index in [0.717, 1.165) is 16.8 Å². The van der Waals surface area contributed by atoms with Gasteiger partial charge in [0.25, 0.3) is 0 Å². The summed E-state index contributed by atoms with van der Waals surface area (Å²) in [6, 6.07) is 10.9. The summed E-state index contributed by atoms with van der Waals surface area (Å²) < 4.78 is 48.8. The van der Waals surface area contributed by atoms with Crippen LogP contribution in [0.3, 0.4) is 0 Å². The lowest BCUT2D eigenvalue weighted by molar-refractivity contribution is -0.122. The van der Waals surface area contributed by atoms with E-state index in [9.17, 15) is 21.6 Å². The van der Waals surface area contributed by atoms with Crippen LogP contribution in [-0.2, 0) is 24.7 Å². The molecule has 0 saturated carbocycles. The first-order chi connectivity index (χ1) is 13.3. The molecule has 0 aromatic heterocycles. The first-order valence-electron chi connectivity index (χ1n) is 8.66. The van der Waals surface area contributed by atoms with Gasteiger partial charge in [-0.05, 0) is 49.7 Å². The predicted octanol–water partition coefficient (Wildman–Crippen LogP) is 2.78. The van der Waals surface area contributed by atoms with Crippen molar-refractivity contribution in [1.29, 1.82) is 0 Å². The van der Waals surface area contributed by atoms with Gasteiger partial charge in [0.1, 0.15) is 6.04 Å². The molecule has 1 N–H and O–H groups in total. The van der Waals surface area contributed by atoms with E-state index in [1.165, 1.54) is 25.1 Å². The maximum Gasteiger partial charge on any atom is 0.244 e. The molecule has 0 unspecified atom stereocenters. The van der Waals surface area contributed by atoms with Crippen LogP contribution in [0.5, 0.6) is 0 Å². The zero-order valence-corrected chi connectivity index (χ0v) is 18.8. The Bertz CT molecular complexity index is 1100. The number of benzene rings is 2. The number of carbonyl (C=O) groups is 1. The summed E-state index contributed by atoms with van der Waals surface area (Å²) in [6.07, 6.45) is 2.13. The molecule has 7 nitrogen and oxygen atoms in total. The highest BCUT2D eigenvalue weighted by atomic mass is 35.5. The number of sulfonamides is 1. The van der Waals surface area contributed by atoms with E-state index in [-0.39, 0.29) is 10.6 Å². The number of rotatable bonds is 7. The molecule has 0 saturated heterocycles. The van der Waals surface area contributed by atoms with E-state index in [0.29, 0.717) is 10.6 Å². The van der Waals surface area contributed by atoms with Crippen molar-refractivity contribution in [1.82, 2.24) is 5.32 Å². The average Bonchev–Trinajstić information content (AvgIpc) is 2.60. The summed E-state index contributed by atoms with van der Waals surface area (Å²) in [5, 5.41) is 3.11. The molecular weight excluding hydrogens is 436 g/mol. The minimum absolute atomic E-state index is 0.178. The molecule has 2 aromatic rings. The Labute approximate surface area is 176 Å². The summed E-state index contributed by atoms with van der Waals surface area (Å²) in [6.45, 7) is 3.21. The summed E-state index contributed by atoms with van der Waals surface area (Å²) in [5.74, 6) is -0.505. The molecule has 10 heteroatoms. The molecule has 2 atom stereocenters. The number of nitrogens with one attached hydrogen (secondary N) is 1. The molecular formula is C19H23ClN2O5S2. The molecule has 1 amide bonds. The van der Waals surface area contributed by atoms with Gasteiger partial charge in [0.2, 0.25) is 15.9 Å². The second-order valence-corrected chi connectivity index (χ2v) is 11.1. The van der Waals surface area contributed by atoms with Crippen LogP contribution in [0.1, 0.15) is 25.5 Å². The van der Waals surface area contributed by atoms with Crippen LogP contribution in [0.25, 0.3) is 0 Å². The summed E-state index contributed by atoms with van der Waals surface area (Å²) in [7, 11) is -7.07. The monoisotopic (exact) mass is 458 g/mol. The van der Waals surface area contributed by atoms with Gasteiger partial charge in [0.15, 0.2) is 9.84 Å². The van der Waals surface area contributed by atoms with Crippen LogP contribution in [0.4, 0.5) is 5.69 Å². The number of halogens is 1. The van der Waals surface area contributed by atoms with E-state index in [4.69, 9.17) is 11.6 Å². The fourth-order valence-corrected chi connectivity index (χ4v) is 4.82. The maximum absolute atomic E-state index is 12.8. The Hall–Kier alpha value is -2.10. The van der Waals surface area contributed by atoms with Gasteiger partial charge in [0.05, 0.1) is 22.9 Å². The standard InChI is InChI=1S/C19H23ClN2O5S2/c1-13(15-8-10-18(11-9-15)28(3,24)25)21-19(23)14(2)22(29(4,26)27)17-7-5-6-16(20)12-17/h5-14H,1-4H3,(H,21,23)/t13-,14-/m0/s1. The molecule has 0 aliphatic heterocycles. The third kappa shape index (κ3) is 5.94. The first-order valence-corrected chi connectivity index (χ1v) is 12.8. The van der Waals surface area contributed by atoms with Gasteiger partial charge in [-0.1, -0.05) is 29.8 Å². The predicted molar refractivity (Wildman–Crippen MR) is 114 cm³/mol. The smallest absolute Gasteiger partial charge is 0.244 e. The van der Waals surface area contributed by atoms with Crippen LogP contribution < -0.4 is 9.62 Å². The number of nitrogens with zero attached hydrogens (tertiary/aromatic N) is 1. The van der Waals surface area contributed by atoms with Crippen molar-refractivity contribution in [3.63, 3.8) is 0 Å². The minimum atomic E-state index is -3.75. The Morgan fingerprint density at radius 2 is 1.59 bits per heavy atom. The number of sulfone groups is 1. The second kappa shape index (κ2) is 8.73. The van der Waals surface area contributed by atoms with Crippen LogP contribution >= 0.6 is 11.6 Å². The zero-order chi connectivity index (χ0) is 22.0. The van der Waals surface area contributed by atoms with Gasteiger partial charge >= 0.3 is 0 Å². The van der Waals surface area contributed by atoms with E-state index in [1.54, 1.807) is 37.3 Å². The van der Waals surface area contributed by atoms with Gasteiger partial charge in [-0.15, -0.1) is 0 Å². The van der Waals surface area contributed by atoms with Crippen molar-refractivity contribution < 1.29 is 21.6 Å². The largest absolute Gasteiger partial charge is 0.348 e. The zero-order valence-electron chi connectivity index (χ0n) is 16.5. The molecule has 158 valence electrons. The van der Waals surface area contributed by atoms with Crippen molar-refractivity contribution >= 4 is 43.1 Å². The van der Waals surface area contributed by atoms with Gasteiger partial charge in [-0.3, -0.25) is 9.10 Å². The Kier molecular flexibility index (Phi) is 6.97. The number of anilines is 1. The van der Waals surface area contributed by atoms with Gasteiger partial charge in [-0.25, -0.2) is 16.8 Å². The van der Waals surface area contributed by atoms with Crippen molar-refractivity contribution in [2.45, 2.75) is 30.8 Å². The van der Waals surface area contributed by atoms with Gasteiger partial charge in [-0.2, -0.15) is 0 Å². The molecule has 0 radical (unpaired) electrons. The van der Waals surface area contributed by atoms with Crippen LogP contribution in [-0.4, -0.2) is 41.3 Å². The van der Waals surface area contributed by atoms with Crippen molar-refractivity contribution in [2.24, 2.45) is 0 Å². The molecule has 0 heterocycles. The van der Waals surface area contributed by atoms with Gasteiger partial charge in [0, 0.05) is 11.3 Å². The van der Waals surface area contributed by atoms with Crippen LogP contribution in [0, 0.1) is 0 Å². The van der Waals surface area contributed by atoms with Crippen molar-refractivity contribution in [3.05, 3.63) is 59.1 Å². The fourth-order valence-electron chi connectivity index (χ4n) is 2.84. The van der Waals surface area contributed by atoms with Gasteiger partial charge < -0.3 is 5.32 Å². The normalized spacial score (nSPS) is 14.1. The Morgan fingerprint density at radius 1 is 1.00 bits per heavy atom. The topological polar surface area (TPSA) is 101 Å². The summed E-state index contributed by atoms with van der Waals surface area (Å²) >= 11 is 5.97. The lowest BCUT2D eigenvalue weighted by atomic mass is 10.1. The third-order valence-corrected chi connectivity index (χ3v) is 6.92. The lowest BCUT2D eigenvalue weighted by Gasteiger charge is -2.29. The number of hydrogen-bond acceptors (Lipinski definition) is 5. The maximum atomic E-state index is 12.8. The van der Waals surface area contributed by atoms with Crippen LogP contribution in [0.15, 0.2) is 53.4 Å². The quantitative estimate of drug-likeness (QED) is 0.687.